The Labute approximate surface area is 122 Å². The number of aryl methyl sites for hydroxylation is 1. The van der Waals surface area contributed by atoms with E-state index in [1.807, 2.05) is 25.2 Å². The Morgan fingerprint density at radius 1 is 1.14 bits per heavy atom. The van der Waals surface area contributed by atoms with Gasteiger partial charge in [-0.1, -0.05) is 30.3 Å². The van der Waals surface area contributed by atoms with Crippen LogP contribution >= 0.6 is 0 Å². The number of fused-ring (bicyclic) bond motifs is 1. The van der Waals surface area contributed by atoms with E-state index in [4.69, 9.17) is 9.15 Å². The van der Waals surface area contributed by atoms with E-state index >= 15 is 0 Å². The van der Waals surface area contributed by atoms with Gasteiger partial charge in [0.05, 0.1) is 0 Å². The Balaban J connectivity index is 1.91. The summed E-state index contributed by atoms with van der Waals surface area (Å²) >= 11 is 0. The molecule has 0 saturated heterocycles. The van der Waals surface area contributed by atoms with E-state index in [9.17, 15) is 0 Å². The van der Waals surface area contributed by atoms with Crippen molar-refractivity contribution in [3.05, 3.63) is 53.7 Å². The normalized spacial score (nSPS) is 11.0. The number of hydrogen-bond acceptors (Lipinski definition) is 5. The van der Waals surface area contributed by atoms with Gasteiger partial charge in [-0.3, -0.25) is 0 Å². The van der Waals surface area contributed by atoms with Crippen molar-refractivity contribution in [3.8, 4) is 5.75 Å². The average molecular weight is 283 g/mol. The highest BCUT2D eigenvalue weighted by Crippen LogP contribution is 2.28. The van der Waals surface area contributed by atoms with Crippen LogP contribution in [0, 0.1) is 6.92 Å². The van der Waals surface area contributed by atoms with Crippen LogP contribution in [0.15, 0.2) is 40.8 Å². The van der Waals surface area contributed by atoms with E-state index in [-0.39, 0.29) is 6.61 Å². The van der Waals surface area contributed by atoms with Gasteiger partial charge in [0.1, 0.15) is 5.75 Å². The third kappa shape index (κ3) is 2.87. The second-order valence-electron chi connectivity index (χ2n) is 4.80. The number of nitrogens with one attached hydrogen (secondary N) is 1. The molecule has 0 aliphatic heterocycles. The third-order valence-corrected chi connectivity index (χ3v) is 3.27. The van der Waals surface area contributed by atoms with E-state index in [1.54, 1.807) is 6.92 Å². The van der Waals surface area contributed by atoms with Gasteiger partial charge in [-0.2, -0.15) is 0 Å². The molecular formula is C16H17N3O2. The third-order valence-electron chi connectivity index (χ3n) is 3.27. The van der Waals surface area contributed by atoms with Crippen LogP contribution in [0.25, 0.3) is 10.8 Å². The molecule has 3 aromatic rings. The minimum atomic E-state index is 0.274. The van der Waals surface area contributed by atoms with Crippen molar-refractivity contribution >= 4 is 10.8 Å². The van der Waals surface area contributed by atoms with Crippen LogP contribution in [0.5, 0.6) is 5.75 Å². The summed E-state index contributed by atoms with van der Waals surface area (Å²) in [6.45, 7) is 2.77. The summed E-state index contributed by atoms with van der Waals surface area (Å²) in [4.78, 5) is 0. The molecule has 0 bridgehead atoms. The van der Waals surface area contributed by atoms with Gasteiger partial charge in [-0.05, 0) is 23.9 Å². The number of aromatic nitrogens is 2. The van der Waals surface area contributed by atoms with Crippen LogP contribution < -0.4 is 10.1 Å². The van der Waals surface area contributed by atoms with Crippen molar-refractivity contribution in [2.24, 2.45) is 0 Å². The van der Waals surface area contributed by atoms with Crippen LogP contribution in [0.1, 0.15) is 17.3 Å². The Kier molecular flexibility index (Phi) is 3.83. The van der Waals surface area contributed by atoms with Crippen LogP contribution in [-0.2, 0) is 13.2 Å². The number of nitrogens with zero attached hydrogens (tertiary/aromatic N) is 2. The average Bonchev–Trinajstić information content (AvgIpc) is 2.92. The van der Waals surface area contributed by atoms with Gasteiger partial charge in [0.2, 0.25) is 5.89 Å². The molecule has 5 heteroatoms. The van der Waals surface area contributed by atoms with Gasteiger partial charge in [0, 0.05) is 19.0 Å². The highest BCUT2D eigenvalue weighted by atomic mass is 16.5. The maximum Gasteiger partial charge on any atom is 0.253 e. The number of rotatable bonds is 5. The fourth-order valence-electron chi connectivity index (χ4n) is 2.35. The molecule has 1 aromatic heterocycles. The van der Waals surface area contributed by atoms with Gasteiger partial charge >= 0.3 is 0 Å². The van der Waals surface area contributed by atoms with Gasteiger partial charge in [0.15, 0.2) is 6.61 Å². The zero-order valence-corrected chi connectivity index (χ0v) is 12.1. The van der Waals surface area contributed by atoms with E-state index in [1.165, 1.54) is 10.8 Å². The molecule has 21 heavy (non-hydrogen) atoms. The molecule has 0 amide bonds. The van der Waals surface area contributed by atoms with Crippen LogP contribution in [0.4, 0.5) is 0 Å². The molecule has 3 rings (SSSR count). The second-order valence-corrected chi connectivity index (χ2v) is 4.80. The lowest BCUT2D eigenvalue weighted by atomic mass is 10.0. The van der Waals surface area contributed by atoms with Gasteiger partial charge in [-0.15, -0.1) is 10.2 Å². The zero-order chi connectivity index (χ0) is 14.7. The minimum absolute atomic E-state index is 0.274. The fourth-order valence-corrected chi connectivity index (χ4v) is 2.35. The Morgan fingerprint density at radius 3 is 2.76 bits per heavy atom. The van der Waals surface area contributed by atoms with Gasteiger partial charge < -0.3 is 14.5 Å². The molecule has 0 aliphatic rings. The molecule has 5 nitrogen and oxygen atoms in total. The van der Waals surface area contributed by atoms with E-state index < -0.39 is 0 Å². The minimum Gasteiger partial charge on any atom is -0.483 e. The first kappa shape index (κ1) is 13.6. The maximum atomic E-state index is 5.86. The quantitative estimate of drug-likeness (QED) is 0.780. The highest BCUT2D eigenvalue weighted by Gasteiger charge is 2.10. The van der Waals surface area contributed by atoms with Crippen molar-refractivity contribution in [1.82, 2.24) is 15.5 Å². The lowest BCUT2D eigenvalue weighted by Crippen LogP contribution is -2.08. The summed E-state index contributed by atoms with van der Waals surface area (Å²) in [5, 5.41) is 13.3. The van der Waals surface area contributed by atoms with E-state index in [0.29, 0.717) is 11.8 Å². The first-order valence-corrected chi connectivity index (χ1v) is 6.85. The van der Waals surface area contributed by atoms with Gasteiger partial charge in [0.25, 0.3) is 5.89 Å². The van der Waals surface area contributed by atoms with Crippen molar-refractivity contribution < 1.29 is 9.15 Å². The molecule has 0 fully saturated rings. The van der Waals surface area contributed by atoms with Crippen molar-refractivity contribution in [2.45, 2.75) is 20.1 Å². The van der Waals surface area contributed by atoms with Crippen LogP contribution in [0.2, 0.25) is 0 Å². The summed E-state index contributed by atoms with van der Waals surface area (Å²) < 4.78 is 11.2. The summed E-state index contributed by atoms with van der Waals surface area (Å²) in [5.41, 5.74) is 1.13. The van der Waals surface area contributed by atoms with Crippen molar-refractivity contribution in [2.75, 3.05) is 7.05 Å². The Bertz CT molecular complexity index is 752. The van der Waals surface area contributed by atoms with Gasteiger partial charge in [-0.25, -0.2) is 0 Å². The standard InChI is InChI=1S/C16H17N3O2/c1-11-18-19-16(21-11)10-20-15-8-7-12-5-3-4-6-13(12)14(15)9-17-2/h3-8,17H,9-10H2,1-2H3. The number of hydrogen-bond donors (Lipinski definition) is 1. The molecule has 0 aliphatic carbocycles. The predicted octanol–water partition coefficient (Wildman–Crippen LogP) is 2.83. The molecule has 0 saturated carbocycles. The summed E-state index contributed by atoms with van der Waals surface area (Å²) in [7, 11) is 1.92. The molecule has 1 heterocycles. The smallest absolute Gasteiger partial charge is 0.253 e. The summed E-state index contributed by atoms with van der Waals surface area (Å²) in [6.07, 6.45) is 0. The maximum absolute atomic E-state index is 5.86. The molecule has 1 N–H and O–H groups in total. The fraction of sp³-hybridized carbons (Fsp3) is 0.250. The Hall–Kier alpha value is -2.40. The molecule has 108 valence electrons. The predicted molar refractivity (Wildman–Crippen MR) is 80.1 cm³/mol. The number of benzene rings is 2. The monoisotopic (exact) mass is 283 g/mol. The first-order chi connectivity index (χ1) is 10.3. The topological polar surface area (TPSA) is 60.2 Å². The Morgan fingerprint density at radius 2 is 2.00 bits per heavy atom. The van der Waals surface area contributed by atoms with Crippen molar-refractivity contribution in [3.63, 3.8) is 0 Å². The van der Waals surface area contributed by atoms with Crippen molar-refractivity contribution in [1.29, 1.82) is 0 Å². The lowest BCUT2D eigenvalue weighted by Gasteiger charge is -2.13. The highest BCUT2D eigenvalue weighted by molar-refractivity contribution is 5.87. The summed E-state index contributed by atoms with van der Waals surface area (Å²) in [6, 6.07) is 12.3. The molecule has 2 aromatic carbocycles. The van der Waals surface area contributed by atoms with Crippen LogP contribution in [0.3, 0.4) is 0 Å². The van der Waals surface area contributed by atoms with Crippen LogP contribution in [-0.4, -0.2) is 17.2 Å². The molecular weight excluding hydrogens is 266 g/mol. The molecule has 0 atom stereocenters. The first-order valence-electron chi connectivity index (χ1n) is 6.85. The lowest BCUT2D eigenvalue weighted by molar-refractivity contribution is 0.258. The zero-order valence-electron chi connectivity index (χ0n) is 12.1. The summed E-state index contributed by atoms with van der Waals surface area (Å²) in [5.74, 6) is 1.86. The number of ether oxygens (including phenoxy) is 1. The molecule has 0 spiro atoms. The largest absolute Gasteiger partial charge is 0.483 e. The van der Waals surface area contributed by atoms with E-state index in [2.05, 4.69) is 33.7 Å². The van der Waals surface area contributed by atoms with E-state index in [0.717, 1.165) is 17.9 Å². The molecule has 0 unspecified atom stereocenters. The molecule has 0 radical (unpaired) electrons. The SMILES string of the molecule is CNCc1c(OCc2nnc(C)o2)ccc2ccccc12. The second kappa shape index (κ2) is 5.93.